The van der Waals surface area contributed by atoms with E-state index in [1.807, 2.05) is 12.1 Å². The van der Waals surface area contributed by atoms with Crippen molar-refractivity contribution in [2.45, 2.75) is 19.3 Å². The normalized spacial score (nSPS) is 12.6. The minimum Gasteiger partial charge on any atom is -0.316 e. The van der Waals surface area contributed by atoms with E-state index in [0.717, 1.165) is 24.5 Å². The fourth-order valence-electron chi connectivity index (χ4n) is 2.09. The van der Waals surface area contributed by atoms with E-state index < -0.39 is 0 Å². The second kappa shape index (κ2) is 7.44. The van der Waals surface area contributed by atoms with Crippen molar-refractivity contribution in [2.24, 2.45) is 0 Å². The summed E-state index contributed by atoms with van der Waals surface area (Å²) >= 11 is 11.4. The molecule has 4 heteroatoms. The van der Waals surface area contributed by atoms with Gasteiger partial charge in [-0.2, -0.15) is 0 Å². The maximum absolute atomic E-state index is 6.10. The zero-order valence-electron chi connectivity index (χ0n) is 10.8. The van der Waals surface area contributed by atoms with Gasteiger partial charge >= 0.3 is 0 Å². The van der Waals surface area contributed by atoms with Gasteiger partial charge in [0.15, 0.2) is 0 Å². The van der Waals surface area contributed by atoms with E-state index in [9.17, 15) is 0 Å². The fourth-order valence-corrected chi connectivity index (χ4v) is 3.85. The highest BCUT2D eigenvalue weighted by Gasteiger charge is 2.13. The Morgan fingerprint density at radius 1 is 1.32 bits per heavy atom. The molecule has 1 aromatic heterocycles. The maximum Gasteiger partial charge on any atom is 0.0701 e. The molecule has 0 saturated heterocycles. The molecule has 102 valence electrons. The zero-order valence-corrected chi connectivity index (χ0v) is 14.0. The molecule has 1 nitrogen and oxygen atoms in total. The largest absolute Gasteiger partial charge is 0.316 e. The minimum atomic E-state index is 0.462. The van der Waals surface area contributed by atoms with Gasteiger partial charge in [0, 0.05) is 22.4 Å². The lowest BCUT2D eigenvalue weighted by Gasteiger charge is -2.17. The first-order valence-electron chi connectivity index (χ1n) is 6.39. The van der Waals surface area contributed by atoms with Gasteiger partial charge in [-0.15, -0.1) is 11.3 Å². The van der Waals surface area contributed by atoms with Crippen molar-refractivity contribution in [3.8, 4) is 0 Å². The summed E-state index contributed by atoms with van der Waals surface area (Å²) in [7, 11) is 0. The van der Waals surface area contributed by atoms with Crippen LogP contribution < -0.4 is 5.32 Å². The average Bonchev–Trinajstić information content (AvgIpc) is 2.80. The van der Waals surface area contributed by atoms with Gasteiger partial charge in [0.2, 0.25) is 0 Å². The first-order valence-corrected chi connectivity index (χ1v) is 8.38. The van der Waals surface area contributed by atoms with Crippen molar-refractivity contribution < 1.29 is 0 Å². The Hall–Kier alpha value is -0.350. The lowest BCUT2D eigenvalue weighted by molar-refractivity contribution is 0.598. The van der Waals surface area contributed by atoms with Crippen LogP contribution in [0.2, 0.25) is 5.02 Å². The SMILES string of the molecule is CCNCC(Cc1ccc(Br)s1)c1cccc(Cl)c1. The third kappa shape index (κ3) is 4.60. The van der Waals surface area contributed by atoms with Crippen LogP contribution in [-0.4, -0.2) is 13.1 Å². The molecule has 0 bridgehead atoms. The van der Waals surface area contributed by atoms with E-state index >= 15 is 0 Å². The molecular weight excluding hydrogens is 342 g/mol. The highest BCUT2D eigenvalue weighted by Crippen LogP contribution is 2.28. The molecule has 19 heavy (non-hydrogen) atoms. The summed E-state index contributed by atoms with van der Waals surface area (Å²) in [6.45, 7) is 4.11. The van der Waals surface area contributed by atoms with Crippen molar-refractivity contribution >= 4 is 38.9 Å². The van der Waals surface area contributed by atoms with Crippen LogP contribution in [0.15, 0.2) is 40.2 Å². The number of nitrogens with one attached hydrogen (secondary N) is 1. The van der Waals surface area contributed by atoms with Crippen molar-refractivity contribution in [3.63, 3.8) is 0 Å². The van der Waals surface area contributed by atoms with Crippen LogP contribution in [0.1, 0.15) is 23.3 Å². The molecular formula is C15H17BrClNS. The first kappa shape index (κ1) is 15.0. The second-order valence-electron chi connectivity index (χ2n) is 4.47. The van der Waals surface area contributed by atoms with E-state index in [2.05, 4.69) is 52.4 Å². The number of likely N-dealkylation sites (N-methyl/N-ethyl adjacent to an activating group) is 1. The molecule has 1 atom stereocenters. The van der Waals surface area contributed by atoms with Crippen LogP contribution in [0.5, 0.6) is 0 Å². The summed E-state index contributed by atoms with van der Waals surface area (Å²) in [5.74, 6) is 0.462. The minimum absolute atomic E-state index is 0.462. The zero-order chi connectivity index (χ0) is 13.7. The summed E-state index contributed by atoms with van der Waals surface area (Å²) < 4.78 is 1.19. The van der Waals surface area contributed by atoms with Gasteiger partial charge in [-0.25, -0.2) is 0 Å². The quantitative estimate of drug-likeness (QED) is 0.757. The van der Waals surface area contributed by atoms with Gasteiger partial charge in [-0.05, 0) is 58.7 Å². The Labute approximate surface area is 132 Å². The molecule has 0 aliphatic rings. The number of hydrogen-bond donors (Lipinski definition) is 1. The molecule has 2 aromatic rings. The van der Waals surface area contributed by atoms with E-state index in [0.29, 0.717) is 5.92 Å². The second-order valence-corrected chi connectivity index (χ2v) is 7.45. The van der Waals surface area contributed by atoms with Gasteiger partial charge in [-0.1, -0.05) is 30.7 Å². The summed E-state index contributed by atoms with van der Waals surface area (Å²) in [5.41, 5.74) is 1.30. The molecule has 0 fully saturated rings. The van der Waals surface area contributed by atoms with Crippen LogP contribution in [0.25, 0.3) is 0 Å². The standard InChI is InChI=1S/C15H17BrClNS/c1-2-18-10-12(9-14-6-7-15(16)19-14)11-4-3-5-13(17)8-11/h3-8,12,18H,2,9-10H2,1H3. The number of thiophene rings is 1. The number of halogens is 2. The molecule has 0 amide bonds. The lowest BCUT2D eigenvalue weighted by atomic mass is 9.95. The molecule has 0 aliphatic carbocycles. The van der Waals surface area contributed by atoms with Crippen molar-refractivity contribution in [3.05, 3.63) is 55.6 Å². The van der Waals surface area contributed by atoms with E-state index in [4.69, 9.17) is 11.6 Å². The molecule has 0 spiro atoms. The summed E-state index contributed by atoms with van der Waals surface area (Å²) in [4.78, 5) is 1.40. The van der Waals surface area contributed by atoms with Gasteiger partial charge < -0.3 is 5.32 Å². The smallest absolute Gasteiger partial charge is 0.0701 e. The Bertz CT molecular complexity index is 526. The fraction of sp³-hybridized carbons (Fsp3) is 0.333. The molecule has 1 heterocycles. The number of benzene rings is 1. The molecule has 1 unspecified atom stereocenters. The third-order valence-electron chi connectivity index (χ3n) is 3.04. The van der Waals surface area contributed by atoms with E-state index in [-0.39, 0.29) is 0 Å². The summed E-state index contributed by atoms with van der Waals surface area (Å²) in [5, 5.41) is 4.25. The highest BCUT2D eigenvalue weighted by atomic mass is 79.9. The number of rotatable bonds is 6. The van der Waals surface area contributed by atoms with Gasteiger partial charge in [0.1, 0.15) is 0 Å². The predicted molar refractivity (Wildman–Crippen MR) is 88.5 cm³/mol. The monoisotopic (exact) mass is 357 g/mol. The molecule has 0 radical (unpaired) electrons. The van der Waals surface area contributed by atoms with Crippen LogP contribution in [0.3, 0.4) is 0 Å². The predicted octanol–water partition coefficient (Wildman–Crippen LogP) is 5.10. The average molecular weight is 359 g/mol. The van der Waals surface area contributed by atoms with Crippen LogP contribution in [0, 0.1) is 0 Å². The first-order chi connectivity index (χ1) is 9.19. The van der Waals surface area contributed by atoms with E-state index in [1.54, 1.807) is 11.3 Å². The molecule has 0 aliphatic heterocycles. The topological polar surface area (TPSA) is 12.0 Å². The molecule has 0 saturated carbocycles. The lowest BCUT2D eigenvalue weighted by Crippen LogP contribution is -2.22. The third-order valence-corrected chi connectivity index (χ3v) is 4.92. The molecule has 1 N–H and O–H groups in total. The molecule has 1 aromatic carbocycles. The number of hydrogen-bond acceptors (Lipinski definition) is 2. The van der Waals surface area contributed by atoms with Crippen LogP contribution in [0.4, 0.5) is 0 Å². The summed E-state index contributed by atoms with van der Waals surface area (Å²) in [6.07, 6.45) is 1.05. The van der Waals surface area contributed by atoms with Crippen LogP contribution >= 0.6 is 38.9 Å². The van der Waals surface area contributed by atoms with Crippen molar-refractivity contribution in [1.82, 2.24) is 5.32 Å². The van der Waals surface area contributed by atoms with Gasteiger partial charge in [0.25, 0.3) is 0 Å². The Kier molecular flexibility index (Phi) is 5.89. The Balaban J connectivity index is 2.15. The van der Waals surface area contributed by atoms with E-state index in [1.165, 1.54) is 14.2 Å². The molecule has 2 rings (SSSR count). The maximum atomic E-state index is 6.10. The van der Waals surface area contributed by atoms with Crippen LogP contribution in [-0.2, 0) is 6.42 Å². The highest BCUT2D eigenvalue weighted by molar-refractivity contribution is 9.11. The van der Waals surface area contributed by atoms with Gasteiger partial charge in [0.05, 0.1) is 3.79 Å². The summed E-state index contributed by atoms with van der Waals surface area (Å²) in [6, 6.07) is 12.5. The Morgan fingerprint density at radius 3 is 2.79 bits per heavy atom. The Morgan fingerprint density at radius 2 is 2.16 bits per heavy atom. The van der Waals surface area contributed by atoms with Crippen molar-refractivity contribution in [2.75, 3.05) is 13.1 Å². The van der Waals surface area contributed by atoms with Crippen molar-refractivity contribution in [1.29, 1.82) is 0 Å². The van der Waals surface area contributed by atoms with Gasteiger partial charge in [-0.3, -0.25) is 0 Å².